The average Bonchev–Trinajstić information content (AvgIpc) is 3.29. The van der Waals surface area contributed by atoms with Crippen LogP contribution in [-0.4, -0.2) is 26.4 Å². The van der Waals surface area contributed by atoms with Crippen molar-refractivity contribution >= 4 is 39.1 Å². The predicted octanol–water partition coefficient (Wildman–Crippen LogP) is 5.02. The van der Waals surface area contributed by atoms with Crippen molar-refractivity contribution in [1.82, 2.24) is 19.9 Å². The first-order valence-corrected chi connectivity index (χ1v) is 8.96. The van der Waals surface area contributed by atoms with Gasteiger partial charge in [0.05, 0.1) is 0 Å². The van der Waals surface area contributed by atoms with Crippen LogP contribution in [0, 0.1) is 0 Å². The van der Waals surface area contributed by atoms with E-state index in [1.807, 2.05) is 24.5 Å². The van der Waals surface area contributed by atoms with Crippen LogP contribution in [0.15, 0.2) is 72.3 Å². The fourth-order valence-electron chi connectivity index (χ4n) is 3.52. The van der Waals surface area contributed by atoms with Gasteiger partial charge in [-0.25, -0.2) is 4.98 Å². The number of benzene rings is 1. The molecule has 1 aliphatic heterocycles. The van der Waals surface area contributed by atoms with Crippen molar-refractivity contribution < 1.29 is 0 Å². The van der Waals surface area contributed by atoms with E-state index in [9.17, 15) is 0 Å². The summed E-state index contributed by atoms with van der Waals surface area (Å²) < 4.78 is 0. The number of rotatable bonds is 3. The highest BCUT2D eigenvalue weighted by Gasteiger charge is 2.16. The maximum atomic E-state index is 6.61. The van der Waals surface area contributed by atoms with Gasteiger partial charge in [-0.2, -0.15) is 0 Å². The van der Waals surface area contributed by atoms with Crippen LogP contribution in [0.1, 0.15) is 11.1 Å². The van der Waals surface area contributed by atoms with Crippen molar-refractivity contribution in [2.45, 2.75) is 6.54 Å². The Kier molecular flexibility index (Phi) is 3.57. The number of halogens is 1. The summed E-state index contributed by atoms with van der Waals surface area (Å²) >= 11 is 6.61. The van der Waals surface area contributed by atoms with Gasteiger partial charge in [-0.3, -0.25) is 0 Å². The SMILES string of the molecule is ClC1=CC(c2c[nH]c3ncccc23)=CCN1Cc1ccc2[nH]ccc2c1. The van der Waals surface area contributed by atoms with Gasteiger partial charge in [0.15, 0.2) is 0 Å². The number of pyridine rings is 1. The lowest BCUT2D eigenvalue weighted by atomic mass is 10.0. The number of hydrogen-bond acceptors (Lipinski definition) is 2. The largest absolute Gasteiger partial charge is 0.361 e. The number of fused-ring (bicyclic) bond motifs is 2. The first-order valence-electron chi connectivity index (χ1n) is 8.59. The van der Waals surface area contributed by atoms with E-state index < -0.39 is 0 Å². The Balaban J connectivity index is 1.40. The average molecular weight is 361 g/mol. The van der Waals surface area contributed by atoms with Crippen molar-refractivity contribution in [2.24, 2.45) is 0 Å². The second-order valence-corrected chi connectivity index (χ2v) is 6.90. The van der Waals surface area contributed by atoms with Gasteiger partial charge in [-0.1, -0.05) is 23.7 Å². The molecule has 0 saturated heterocycles. The normalized spacial score (nSPS) is 14.7. The predicted molar refractivity (Wildman–Crippen MR) is 107 cm³/mol. The Hall–Kier alpha value is -2.98. The highest BCUT2D eigenvalue weighted by atomic mass is 35.5. The maximum absolute atomic E-state index is 6.61. The minimum absolute atomic E-state index is 0.759. The minimum atomic E-state index is 0.759. The van der Waals surface area contributed by atoms with Gasteiger partial charge in [-0.15, -0.1) is 0 Å². The molecule has 0 unspecified atom stereocenters. The van der Waals surface area contributed by atoms with Gasteiger partial charge in [-0.05, 0) is 52.9 Å². The Bertz CT molecular complexity index is 1160. The standard InChI is InChI=1S/C21H17ClN4/c22-20-11-15(18-12-25-21-17(18)2-1-7-24-21)6-9-26(20)13-14-3-4-19-16(10-14)5-8-23-19/h1-8,10-12,23H,9,13H2,(H,24,25). The number of aromatic nitrogens is 3. The lowest BCUT2D eigenvalue weighted by Gasteiger charge is -2.26. The third-order valence-corrected chi connectivity index (χ3v) is 5.21. The highest BCUT2D eigenvalue weighted by molar-refractivity contribution is 6.30. The van der Waals surface area contributed by atoms with E-state index >= 15 is 0 Å². The molecule has 4 aromatic rings. The molecule has 1 aliphatic rings. The fraction of sp³-hybridized carbons (Fsp3) is 0.0952. The Morgan fingerprint density at radius 3 is 3.04 bits per heavy atom. The molecule has 0 spiro atoms. The number of hydrogen-bond donors (Lipinski definition) is 2. The molecule has 5 rings (SSSR count). The number of allylic oxidation sites excluding steroid dienone is 2. The van der Waals surface area contributed by atoms with Gasteiger partial charge in [0, 0.05) is 48.1 Å². The number of H-pyrrole nitrogens is 2. The zero-order chi connectivity index (χ0) is 17.5. The minimum Gasteiger partial charge on any atom is -0.361 e. The molecule has 5 heteroatoms. The molecule has 26 heavy (non-hydrogen) atoms. The monoisotopic (exact) mass is 360 g/mol. The van der Waals surface area contributed by atoms with Crippen LogP contribution in [0.4, 0.5) is 0 Å². The first-order chi connectivity index (χ1) is 12.8. The van der Waals surface area contributed by atoms with Crippen molar-refractivity contribution in [3.8, 4) is 0 Å². The summed E-state index contributed by atoms with van der Waals surface area (Å²) in [7, 11) is 0. The van der Waals surface area contributed by atoms with Crippen LogP contribution < -0.4 is 0 Å². The van der Waals surface area contributed by atoms with Gasteiger partial charge < -0.3 is 14.9 Å². The van der Waals surface area contributed by atoms with Crippen molar-refractivity contribution in [3.05, 3.63) is 83.4 Å². The Morgan fingerprint density at radius 1 is 1.15 bits per heavy atom. The lowest BCUT2D eigenvalue weighted by molar-refractivity contribution is 0.394. The number of nitrogens with zero attached hydrogens (tertiary/aromatic N) is 2. The molecular weight excluding hydrogens is 344 g/mol. The van der Waals surface area contributed by atoms with Crippen LogP contribution >= 0.6 is 11.6 Å². The van der Waals surface area contributed by atoms with E-state index in [0.717, 1.165) is 45.9 Å². The molecule has 4 heterocycles. The van der Waals surface area contributed by atoms with E-state index in [2.05, 4.69) is 56.3 Å². The topological polar surface area (TPSA) is 47.7 Å². The van der Waals surface area contributed by atoms with E-state index in [0.29, 0.717) is 0 Å². The van der Waals surface area contributed by atoms with Gasteiger partial charge in [0.25, 0.3) is 0 Å². The summed E-state index contributed by atoms with van der Waals surface area (Å²) in [6.45, 7) is 1.57. The molecule has 3 aromatic heterocycles. The summed E-state index contributed by atoms with van der Waals surface area (Å²) in [6, 6.07) is 12.6. The van der Waals surface area contributed by atoms with Crippen LogP contribution in [0.3, 0.4) is 0 Å². The van der Waals surface area contributed by atoms with E-state index in [1.165, 1.54) is 10.9 Å². The first kappa shape index (κ1) is 15.3. The third-order valence-electron chi connectivity index (χ3n) is 4.86. The third kappa shape index (κ3) is 2.59. The number of nitrogens with one attached hydrogen (secondary N) is 2. The van der Waals surface area contributed by atoms with Crippen LogP contribution in [0.5, 0.6) is 0 Å². The van der Waals surface area contributed by atoms with E-state index in [1.54, 1.807) is 6.20 Å². The highest BCUT2D eigenvalue weighted by Crippen LogP contribution is 2.30. The van der Waals surface area contributed by atoms with Gasteiger partial charge in [0.2, 0.25) is 0 Å². The number of aromatic amines is 2. The van der Waals surface area contributed by atoms with E-state index in [-0.39, 0.29) is 0 Å². The molecule has 2 N–H and O–H groups in total. The van der Waals surface area contributed by atoms with Crippen LogP contribution in [-0.2, 0) is 6.54 Å². The zero-order valence-corrected chi connectivity index (χ0v) is 14.8. The molecule has 0 radical (unpaired) electrons. The molecule has 0 saturated carbocycles. The maximum Gasteiger partial charge on any atom is 0.137 e. The molecule has 0 bridgehead atoms. The van der Waals surface area contributed by atoms with Crippen molar-refractivity contribution in [2.75, 3.05) is 6.54 Å². The summed E-state index contributed by atoms with van der Waals surface area (Å²) in [5.74, 6) is 0. The van der Waals surface area contributed by atoms with Gasteiger partial charge in [0.1, 0.15) is 10.8 Å². The summed E-state index contributed by atoms with van der Waals surface area (Å²) in [6.07, 6.45) is 10.0. The quantitative estimate of drug-likeness (QED) is 0.504. The second kappa shape index (κ2) is 6.07. The molecule has 0 atom stereocenters. The molecular formula is C21H17ClN4. The zero-order valence-electron chi connectivity index (χ0n) is 14.0. The van der Waals surface area contributed by atoms with Gasteiger partial charge >= 0.3 is 0 Å². The Morgan fingerprint density at radius 2 is 2.12 bits per heavy atom. The summed E-state index contributed by atoms with van der Waals surface area (Å²) in [5, 5.41) is 3.10. The molecule has 1 aromatic carbocycles. The second-order valence-electron chi connectivity index (χ2n) is 6.51. The van der Waals surface area contributed by atoms with Crippen molar-refractivity contribution in [1.29, 1.82) is 0 Å². The van der Waals surface area contributed by atoms with Crippen molar-refractivity contribution in [3.63, 3.8) is 0 Å². The smallest absolute Gasteiger partial charge is 0.137 e. The summed E-state index contributed by atoms with van der Waals surface area (Å²) in [4.78, 5) is 13.0. The molecule has 0 aliphatic carbocycles. The van der Waals surface area contributed by atoms with E-state index in [4.69, 9.17) is 11.6 Å². The fourth-order valence-corrected chi connectivity index (χ4v) is 3.76. The lowest BCUT2D eigenvalue weighted by Crippen LogP contribution is -2.22. The Labute approximate surface area is 155 Å². The molecule has 4 nitrogen and oxygen atoms in total. The van der Waals surface area contributed by atoms with Crippen LogP contribution in [0.25, 0.3) is 27.5 Å². The molecule has 128 valence electrons. The van der Waals surface area contributed by atoms with Crippen LogP contribution in [0.2, 0.25) is 0 Å². The summed E-state index contributed by atoms with van der Waals surface area (Å²) in [5.41, 5.74) is 5.57. The molecule has 0 amide bonds. The molecule has 0 fully saturated rings.